The third-order valence-corrected chi connectivity index (χ3v) is 2.82. The fourth-order valence-electron chi connectivity index (χ4n) is 1.55. The van der Waals surface area contributed by atoms with Crippen molar-refractivity contribution in [1.29, 1.82) is 0 Å². The number of nitrogens with two attached hydrogens (primary N) is 1. The summed E-state index contributed by atoms with van der Waals surface area (Å²) in [5.41, 5.74) is 7.44. The van der Waals surface area contributed by atoms with Crippen molar-refractivity contribution >= 4 is 23.2 Å². The lowest BCUT2D eigenvalue weighted by Gasteiger charge is -2.09. The highest BCUT2D eigenvalue weighted by molar-refractivity contribution is 6.35. The zero-order chi connectivity index (χ0) is 11.5. The molecule has 0 unspecified atom stereocenters. The van der Waals surface area contributed by atoms with Crippen molar-refractivity contribution in [3.8, 4) is 5.69 Å². The van der Waals surface area contributed by atoms with Gasteiger partial charge in [0, 0.05) is 23.3 Å². The third-order valence-electron chi connectivity index (χ3n) is 2.28. The summed E-state index contributed by atoms with van der Waals surface area (Å²) in [6.45, 7) is 0.580. The van der Waals surface area contributed by atoms with E-state index in [-0.39, 0.29) is 0 Å². The molecule has 5 heteroatoms. The summed E-state index contributed by atoms with van der Waals surface area (Å²) in [4.78, 5) is 4.10. The highest BCUT2D eigenvalue weighted by Crippen LogP contribution is 2.25. The Kier molecular flexibility index (Phi) is 3.49. The van der Waals surface area contributed by atoms with E-state index in [4.69, 9.17) is 28.9 Å². The Balaban J connectivity index is 2.46. The molecule has 3 nitrogen and oxygen atoms in total. The zero-order valence-electron chi connectivity index (χ0n) is 8.53. The van der Waals surface area contributed by atoms with Crippen molar-refractivity contribution in [3.63, 3.8) is 0 Å². The molecule has 0 saturated heterocycles. The molecule has 0 aliphatic carbocycles. The normalized spacial score (nSPS) is 10.7. The lowest BCUT2D eigenvalue weighted by molar-refractivity contribution is 0.874. The number of nitrogens with zero attached hydrogens (tertiary/aromatic N) is 2. The molecule has 84 valence electrons. The first-order valence-corrected chi connectivity index (χ1v) is 5.64. The first-order chi connectivity index (χ1) is 7.72. The van der Waals surface area contributed by atoms with Crippen LogP contribution >= 0.6 is 23.2 Å². The number of aromatic nitrogens is 2. The van der Waals surface area contributed by atoms with Gasteiger partial charge in [0.15, 0.2) is 0 Å². The molecule has 0 saturated carbocycles. The van der Waals surface area contributed by atoms with Crippen LogP contribution in [0, 0.1) is 0 Å². The van der Waals surface area contributed by atoms with Crippen molar-refractivity contribution in [1.82, 2.24) is 9.55 Å². The second-order valence-electron chi connectivity index (χ2n) is 3.39. The van der Waals surface area contributed by atoms with Gasteiger partial charge in [-0.3, -0.25) is 0 Å². The van der Waals surface area contributed by atoms with Gasteiger partial charge in [0.05, 0.1) is 17.0 Å². The van der Waals surface area contributed by atoms with E-state index in [1.165, 1.54) is 0 Å². The molecule has 16 heavy (non-hydrogen) atoms. The maximum absolute atomic E-state index is 6.13. The predicted octanol–water partition coefficient (Wildman–Crippen LogP) is 2.68. The summed E-state index contributed by atoms with van der Waals surface area (Å²) >= 11 is 12.0. The van der Waals surface area contributed by atoms with Crippen LogP contribution in [0.1, 0.15) is 5.69 Å². The maximum Gasteiger partial charge on any atom is 0.0994 e. The molecule has 0 radical (unpaired) electrons. The van der Waals surface area contributed by atoms with Crippen molar-refractivity contribution in [3.05, 3.63) is 46.5 Å². The van der Waals surface area contributed by atoms with E-state index in [2.05, 4.69) is 4.98 Å². The van der Waals surface area contributed by atoms with E-state index in [0.29, 0.717) is 16.6 Å². The number of benzene rings is 1. The standard InChI is InChI=1S/C11H11Cl2N3/c12-8-1-2-11(10(13)5-8)16-7-15-6-9(16)3-4-14/h1-2,5-7H,3-4,14H2. The average molecular weight is 256 g/mol. The fraction of sp³-hybridized carbons (Fsp3) is 0.182. The second-order valence-corrected chi connectivity index (χ2v) is 4.23. The third kappa shape index (κ3) is 2.21. The number of halogens is 2. The van der Waals surface area contributed by atoms with Crippen LogP contribution in [0.25, 0.3) is 5.69 Å². The van der Waals surface area contributed by atoms with Crippen molar-refractivity contribution in [2.75, 3.05) is 6.54 Å². The highest BCUT2D eigenvalue weighted by atomic mass is 35.5. The molecule has 1 aromatic carbocycles. The number of imidazole rings is 1. The molecule has 0 bridgehead atoms. The summed E-state index contributed by atoms with van der Waals surface area (Å²) in [5, 5.41) is 1.22. The summed E-state index contributed by atoms with van der Waals surface area (Å²) in [6.07, 6.45) is 4.27. The van der Waals surface area contributed by atoms with E-state index < -0.39 is 0 Å². The molecule has 1 aromatic heterocycles. The topological polar surface area (TPSA) is 43.8 Å². The van der Waals surface area contributed by atoms with Crippen LogP contribution in [0.15, 0.2) is 30.7 Å². The van der Waals surface area contributed by atoms with Crippen molar-refractivity contribution < 1.29 is 0 Å². The van der Waals surface area contributed by atoms with Crippen LogP contribution in [0.5, 0.6) is 0 Å². The Morgan fingerprint density at radius 2 is 2.12 bits per heavy atom. The smallest absolute Gasteiger partial charge is 0.0994 e. The van der Waals surface area contributed by atoms with E-state index in [1.807, 2.05) is 10.6 Å². The molecule has 2 N–H and O–H groups in total. The first kappa shape index (κ1) is 11.5. The average Bonchev–Trinajstić information content (AvgIpc) is 2.67. The monoisotopic (exact) mass is 255 g/mol. The van der Waals surface area contributed by atoms with Crippen LogP contribution in [-0.2, 0) is 6.42 Å². The van der Waals surface area contributed by atoms with Gasteiger partial charge in [-0.15, -0.1) is 0 Å². The lowest BCUT2D eigenvalue weighted by Crippen LogP contribution is -2.07. The molecule has 0 aliphatic heterocycles. The minimum absolute atomic E-state index is 0.580. The summed E-state index contributed by atoms with van der Waals surface area (Å²) in [7, 11) is 0. The number of hydrogen-bond acceptors (Lipinski definition) is 2. The molecule has 0 atom stereocenters. The maximum atomic E-state index is 6.13. The molecular weight excluding hydrogens is 245 g/mol. The van der Waals surface area contributed by atoms with Gasteiger partial charge in [-0.2, -0.15) is 0 Å². The molecule has 2 rings (SSSR count). The first-order valence-electron chi connectivity index (χ1n) is 4.89. The van der Waals surface area contributed by atoms with Gasteiger partial charge in [0.25, 0.3) is 0 Å². The Hall–Kier alpha value is -1.03. The quantitative estimate of drug-likeness (QED) is 0.917. The van der Waals surface area contributed by atoms with Gasteiger partial charge in [-0.05, 0) is 24.7 Å². The van der Waals surface area contributed by atoms with Crippen molar-refractivity contribution in [2.24, 2.45) is 5.73 Å². The minimum Gasteiger partial charge on any atom is -0.330 e. The van der Waals surface area contributed by atoms with Gasteiger partial charge in [0.2, 0.25) is 0 Å². The Morgan fingerprint density at radius 3 is 2.81 bits per heavy atom. The van der Waals surface area contributed by atoms with Crippen LogP contribution in [-0.4, -0.2) is 16.1 Å². The SMILES string of the molecule is NCCc1cncn1-c1ccc(Cl)cc1Cl. The number of rotatable bonds is 3. The predicted molar refractivity (Wildman–Crippen MR) is 66.3 cm³/mol. The Bertz CT molecular complexity index is 494. The van der Waals surface area contributed by atoms with Crippen LogP contribution in [0.2, 0.25) is 10.0 Å². The van der Waals surface area contributed by atoms with Crippen LogP contribution < -0.4 is 5.73 Å². The van der Waals surface area contributed by atoms with E-state index in [9.17, 15) is 0 Å². The summed E-state index contributed by atoms with van der Waals surface area (Å²) < 4.78 is 1.92. The number of hydrogen-bond donors (Lipinski definition) is 1. The highest BCUT2D eigenvalue weighted by Gasteiger charge is 2.07. The molecule has 0 amide bonds. The molecule has 1 heterocycles. The molecule has 0 spiro atoms. The largest absolute Gasteiger partial charge is 0.330 e. The minimum atomic E-state index is 0.580. The van der Waals surface area contributed by atoms with Gasteiger partial charge < -0.3 is 10.3 Å². The Morgan fingerprint density at radius 1 is 1.31 bits per heavy atom. The molecule has 0 aliphatic rings. The van der Waals surface area contributed by atoms with E-state index >= 15 is 0 Å². The van der Waals surface area contributed by atoms with Gasteiger partial charge in [-0.25, -0.2) is 4.98 Å². The van der Waals surface area contributed by atoms with Gasteiger partial charge >= 0.3 is 0 Å². The second kappa shape index (κ2) is 4.87. The summed E-state index contributed by atoms with van der Waals surface area (Å²) in [6, 6.07) is 5.38. The fourth-order valence-corrected chi connectivity index (χ4v) is 2.05. The molecule has 0 fully saturated rings. The zero-order valence-corrected chi connectivity index (χ0v) is 10.0. The van der Waals surface area contributed by atoms with Crippen molar-refractivity contribution in [2.45, 2.75) is 6.42 Å². The molecular formula is C11H11Cl2N3. The van der Waals surface area contributed by atoms with Gasteiger partial charge in [0.1, 0.15) is 0 Å². The van der Waals surface area contributed by atoms with E-state index in [1.54, 1.807) is 24.7 Å². The molecule has 2 aromatic rings. The lowest BCUT2D eigenvalue weighted by atomic mass is 10.2. The van der Waals surface area contributed by atoms with Crippen LogP contribution in [0.3, 0.4) is 0 Å². The van der Waals surface area contributed by atoms with E-state index in [0.717, 1.165) is 17.8 Å². The van der Waals surface area contributed by atoms with Crippen LogP contribution in [0.4, 0.5) is 0 Å². The Labute approximate surface area is 104 Å². The van der Waals surface area contributed by atoms with Gasteiger partial charge in [-0.1, -0.05) is 23.2 Å². The summed E-state index contributed by atoms with van der Waals surface area (Å²) in [5.74, 6) is 0.